The van der Waals surface area contributed by atoms with Gasteiger partial charge in [-0.3, -0.25) is 0 Å². The van der Waals surface area contributed by atoms with Gasteiger partial charge in [-0.25, -0.2) is 9.97 Å². The highest BCUT2D eigenvalue weighted by Gasteiger charge is 2.19. The van der Waals surface area contributed by atoms with Crippen molar-refractivity contribution < 1.29 is 4.42 Å². The van der Waals surface area contributed by atoms with E-state index in [9.17, 15) is 0 Å². The van der Waals surface area contributed by atoms with Crippen LogP contribution in [0.4, 0.5) is 17.6 Å². The molecule has 3 aromatic heterocycles. The summed E-state index contributed by atoms with van der Waals surface area (Å²) in [5.41, 5.74) is 0.948. The Kier molecular flexibility index (Phi) is 4.68. The molecule has 1 fully saturated rings. The van der Waals surface area contributed by atoms with Crippen molar-refractivity contribution in [3.05, 3.63) is 60.3 Å². The summed E-state index contributed by atoms with van der Waals surface area (Å²) < 4.78 is 5.35. The molecule has 1 aliphatic rings. The van der Waals surface area contributed by atoms with Gasteiger partial charge in [0.05, 0.1) is 12.8 Å². The minimum Gasteiger partial charge on any atom is -0.467 e. The zero-order valence-corrected chi connectivity index (χ0v) is 14.8. The van der Waals surface area contributed by atoms with E-state index in [0.29, 0.717) is 12.5 Å². The second-order valence-corrected chi connectivity index (χ2v) is 6.29. The van der Waals surface area contributed by atoms with Crippen molar-refractivity contribution in [2.24, 2.45) is 0 Å². The molecule has 7 heteroatoms. The van der Waals surface area contributed by atoms with Gasteiger partial charge in [0.25, 0.3) is 0 Å². The number of rotatable bonds is 5. The normalized spacial score (nSPS) is 14.5. The second kappa shape index (κ2) is 7.43. The predicted octanol–water partition coefficient (Wildman–Crippen LogP) is 2.71. The van der Waals surface area contributed by atoms with Crippen LogP contribution in [0, 0.1) is 6.92 Å². The molecule has 3 aromatic rings. The van der Waals surface area contributed by atoms with Gasteiger partial charge in [0.15, 0.2) is 0 Å². The quantitative estimate of drug-likeness (QED) is 0.758. The minimum absolute atomic E-state index is 0.573. The van der Waals surface area contributed by atoms with Crippen LogP contribution in [0.25, 0.3) is 0 Å². The Bertz CT molecular complexity index is 829. The molecule has 4 heterocycles. The molecule has 0 spiro atoms. The van der Waals surface area contributed by atoms with Crippen LogP contribution in [0.1, 0.15) is 11.5 Å². The summed E-state index contributed by atoms with van der Waals surface area (Å²) in [7, 11) is 0. The molecule has 0 radical (unpaired) electrons. The summed E-state index contributed by atoms with van der Waals surface area (Å²) in [5.74, 6) is 3.48. The number of hydrogen-bond donors (Lipinski definition) is 1. The summed E-state index contributed by atoms with van der Waals surface area (Å²) >= 11 is 0. The Labute approximate surface area is 152 Å². The summed E-state index contributed by atoms with van der Waals surface area (Å²) in [6.07, 6.45) is 3.51. The molecule has 1 N–H and O–H groups in total. The molecule has 0 saturated carbocycles. The van der Waals surface area contributed by atoms with Crippen molar-refractivity contribution >= 4 is 17.6 Å². The lowest BCUT2D eigenvalue weighted by Crippen LogP contribution is -2.47. The second-order valence-electron chi connectivity index (χ2n) is 6.29. The molecule has 0 aromatic carbocycles. The van der Waals surface area contributed by atoms with Crippen molar-refractivity contribution in [3.63, 3.8) is 0 Å². The van der Waals surface area contributed by atoms with Crippen molar-refractivity contribution in [2.75, 3.05) is 41.3 Å². The zero-order chi connectivity index (χ0) is 17.8. The van der Waals surface area contributed by atoms with Gasteiger partial charge in [-0.1, -0.05) is 6.07 Å². The summed E-state index contributed by atoms with van der Waals surface area (Å²) in [5, 5.41) is 3.24. The van der Waals surface area contributed by atoms with Gasteiger partial charge in [-0.15, -0.1) is 0 Å². The van der Waals surface area contributed by atoms with E-state index in [2.05, 4.69) is 36.1 Å². The third-order valence-corrected chi connectivity index (χ3v) is 4.42. The maximum Gasteiger partial charge on any atom is 0.225 e. The molecular formula is C19H22N6O. The van der Waals surface area contributed by atoms with Gasteiger partial charge in [0.1, 0.15) is 17.4 Å². The van der Waals surface area contributed by atoms with Gasteiger partial charge >= 0.3 is 0 Å². The number of pyridine rings is 1. The predicted molar refractivity (Wildman–Crippen MR) is 101 cm³/mol. The molecule has 134 valence electrons. The fraction of sp³-hybridized carbons (Fsp3) is 0.316. The standard InChI is InChI=1S/C19H22N6O/c1-15-13-18(23-19(22-15)21-14-16-5-4-12-26-16)25-10-8-24(9-11-25)17-6-2-3-7-20-17/h2-7,12-13H,8-11,14H2,1H3,(H,21,22,23). The first-order valence-corrected chi connectivity index (χ1v) is 8.81. The highest BCUT2D eigenvalue weighted by atomic mass is 16.3. The number of furan rings is 1. The largest absolute Gasteiger partial charge is 0.467 e. The van der Waals surface area contributed by atoms with Crippen molar-refractivity contribution in [3.8, 4) is 0 Å². The Morgan fingerprint density at radius 1 is 1.00 bits per heavy atom. The molecular weight excluding hydrogens is 328 g/mol. The lowest BCUT2D eigenvalue weighted by atomic mass is 10.3. The molecule has 1 aliphatic heterocycles. The van der Waals surface area contributed by atoms with Gasteiger partial charge in [0, 0.05) is 44.1 Å². The average molecular weight is 350 g/mol. The van der Waals surface area contributed by atoms with E-state index in [1.807, 2.05) is 43.5 Å². The van der Waals surface area contributed by atoms with E-state index >= 15 is 0 Å². The number of nitrogens with zero attached hydrogens (tertiary/aromatic N) is 5. The van der Waals surface area contributed by atoms with Crippen LogP contribution in [0.5, 0.6) is 0 Å². The molecule has 26 heavy (non-hydrogen) atoms. The first-order chi connectivity index (χ1) is 12.8. The Morgan fingerprint density at radius 2 is 1.81 bits per heavy atom. The lowest BCUT2D eigenvalue weighted by Gasteiger charge is -2.36. The van der Waals surface area contributed by atoms with Gasteiger partial charge in [0.2, 0.25) is 5.95 Å². The van der Waals surface area contributed by atoms with Crippen LogP contribution in [-0.4, -0.2) is 41.1 Å². The monoisotopic (exact) mass is 350 g/mol. The van der Waals surface area contributed by atoms with E-state index in [0.717, 1.165) is 49.3 Å². The lowest BCUT2D eigenvalue weighted by molar-refractivity contribution is 0.517. The van der Waals surface area contributed by atoms with Gasteiger partial charge < -0.3 is 19.5 Å². The number of piperazine rings is 1. The zero-order valence-electron chi connectivity index (χ0n) is 14.8. The Balaban J connectivity index is 1.41. The SMILES string of the molecule is Cc1cc(N2CCN(c3ccccn3)CC2)nc(NCc2ccco2)n1. The fourth-order valence-electron chi connectivity index (χ4n) is 3.08. The van der Waals surface area contributed by atoms with Crippen LogP contribution in [0.3, 0.4) is 0 Å². The maximum atomic E-state index is 5.35. The molecule has 0 bridgehead atoms. The van der Waals surface area contributed by atoms with E-state index in [-0.39, 0.29) is 0 Å². The maximum absolute atomic E-state index is 5.35. The molecule has 0 amide bonds. The van der Waals surface area contributed by atoms with E-state index in [4.69, 9.17) is 4.42 Å². The van der Waals surface area contributed by atoms with E-state index < -0.39 is 0 Å². The highest BCUT2D eigenvalue weighted by Crippen LogP contribution is 2.19. The van der Waals surface area contributed by atoms with E-state index in [1.54, 1.807) is 6.26 Å². The number of aryl methyl sites for hydroxylation is 1. The first kappa shape index (κ1) is 16.4. The minimum atomic E-state index is 0.573. The number of hydrogen-bond acceptors (Lipinski definition) is 7. The summed E-state index contributed by atoms with van der Waals surface area (Å²) in [6, 6.07) is 11.9. The molecule has 0 atom stereocenters. The summed E-state index contributed by atoms with van der Waals surface area (Å²) in [4.78, 5) is 18.2. The number of anilines is 3. The topological polar surface area (TPSA) is 70.3 Å². The smallest absolute Gasteiger partial charge is 0.225 e. The van der Waals surface area contributed by atoms with Crippen molar-refractivity contribution in [1.82, 2.24) is 15.0 Å². The van der Waals surface area contributed by atoms with Crippen LogP contribution in [0.15, 0.2) is 53.3 Å². The molecule has 7 nitrogen and oxygen atoms in total. The molecule has 4 rings (SSSR count). The summed E-state index contributed by atoms with van der Waals surface area (Å²) in [6.45, 7) is 6.23. The van der Waals surface area contributed by atoms with Gasteiger partial charge in [-0.05, 0) is 31.2 Å². The Morgan fingerprint density at radius 3 is 2.50 bits per heavy atom. The Hall–Kier alpha value is -3.09. The van der Waals surface area contributed by atoms with Crippen molar-refractivity contribution in [2.45, 2.75) is 13.5 Å². The molecule has 1 saturated heterocycles. The third-order valence-electron chi connectivity index (χ3n) is 4.42. The van der Waals surface area contributed by atoms with E-state index in [1.165, 1.54) is 0 Å². The third kappa shape index (κ3) is 3.77. The number of aromatic nitrogens is 3. The molecule has 0 aliphatic carbocycles. The van der Waals surface area contributed by atoms with Crippen LogP contribution >= 0.6 is 0 Å². The van der Waals surface area contributed by atoms with Crippen LogP contribution in [0.2, 0.25) is 0 Å². The van der Waals surface area contributed by atoms with Gasteiger partial charge in [-0.2, -0.15) is 4.98 Å². The fourth-order valence-corrected chi connectivity index (χ4v) is 3.08. The molecule has 0 unspecified atom stereocenters. The average Bonchev–Trinajstić information content (AvgIpc) is 3.20. The van der Waals surface area contributed by atoms with Crippen LogP contribution < -0.4 is 15.1 Å². The van der Waals surface area contributed by atoms with Crippen molar-refractivity contribution in [1.29, 1.82) is 0 Å². The number of nitrogens with one attached hydrogen (secondary N) is 1. The van der Waals surface area contributed by atoms with Crippen LogP contribution in [-0.2, 0) is 6.54 Å². The highest BCUT2D eigenvalue weighted by molar-refractivity contribution is 5.48. The first-order valence-electron chi connectivity index (χ1n) is 8.81.